The number of nitrogens with one attached hydrogen (secondary N) is 1. The molecule has 2 aliphatic carbocycles. The van der Waals surface area contributed by atoms with E-state index in [1.54, 1.807) is 13.0 Å². The SMILES string of the molecule is Cc1nc(-c2c(F)cc(Cl)cc2-c2cc(F)c3c(c2)CCC3NC(=O)O)no1.NC1CC1. The Balaban J connectivity index is 0.000000552. The first-order chi connectivity index (χ1) is 15.2. The van der Waals surface area contributed by atoms with Gasteiger partial charge in [0.15, 0.2) is 0 Å². The maximum absolute atomic E-state index is 14.9. The summed E-state index contributed by atoms with van der Waals surface area (Å²) < 4.78 is 34.5. The highest BCUT2D eigenvalue weighted by Crippen LogP contribution is 2.40. The highest BCUT2D eigenvalue weighted by molar-refractivity contribution is 6.31. The summed E-state index contributed by atoms with van der Waals surface area (Å²) in [6.07, 6.45) is 2.25. The average Bonchev–Trinajstić information content (AvgIpc) is 3.20. The van der Waals surface area contributed by atoms with Crippen molar-refractivity contribution in [2.24, 2.45) is 5.73 Å². The van der Waals surface area contributed by atoms with E-state index >= 15 is 0 Å². The van der Waals surface area contributed by atoms with Crippen LogP contribution in [0.15, 0.2) is 28.8 Å². The fourth-order valence-corrected chi connectivity index (χ4v) is 3.90. The summed E-state index contributed by atoms with van der Waals surface area (Å²) in [5.41, 5.74) is 6.96. The molecule has 1 aromatic heterocycles. The Morgan fingerprint density at radius 3 is 2.53 bits per heavy atom. The van der Waals surface area contributed by atoms with Crippen molar-refractivity contribution in [1.29, 1.82) is 0 Å². The molecule has 0 spiro atoms. The van der Waals surface area contributed by atoms with Crippen molar-refractivity contribution in [1.82, 2.24) is 15.5 Å². The number of amides is 1. The number of hydrogen-bond acceptors (Lipinski definition) is 5. The summed E-state index contributed by atoms with van der Waals surface area (Å²) in [7, 11) is 0. The van der Waals surface area contributed by atoms with Crippen molar-refractivity contribution < 1.29 is 23.2 Å². The number of benzene rings is 2. The zero-order valence-electron chi connectivity index (χ0n) is 17.2. The zero-order valence-corrected chi connectivity index (χ0v) is 17.9. The molecule has 1 fully saturated rings. The summed E-state index contributed by atoms with van der Waals surface area (Å²) >= 11 is 6.03. The lowest BCUT2D eigenvalue weighted by molar-refractivity contribution is 0.189. The number of nitrogens with zero attached hydrogens (tertiary/aromatic N) is 2. The van der Waals surface area contributed by atoms with E-state index in [1.807, 2.05) is 0 Å². The highest BCUT2D eigenvalue weighted by atomic mass is 35.5. The lowest BCUT2D eigenvalue weighted by atomic mass is 9.95. The van der Waals surface area contributed by atoms with E-state index in [4.69, 9.17) is 27.0 Å². The predicted octanol–water partition coefficient (Wildman–Crippen LogP) is 5.01. The minimum Gasteiger partial charge on any atom is -0.465 e. The van der Waals surface area contributed by atoms with Gasteiger partial charge in [0.05, 0.1) is 11.6 Å². The molecule has 7 nitrogen and oxygen atoms in total. The molecule has 2 aromatic carbocycles. The number of rotatable bonds is 3. The number of carboxylic acid groups (broad SMARTS) is 1. The van der Waals surface area contributed by atoms with Crippen LogP contribution in [-0.4, -0.2) is 27.4 Å². The molecule has 1 heterocycles. The van der Waals surface area contributed by atoms with E-state index < -0.39 is 23.8 Å². The largest absolute Gasteiger partial charge is 0.465 e. The molecular formula is C22H21ClF2N4O3. The maximum atomic E-state index is 14.9. The van der Waals surface area contributed by atoms with Crippen LogP contribution in [0, 0.1) is 18.6 Å². The summed E-state index contributed by atoms with van der Waals surface area (Å²) in [6, 6.07) is 5.56. The van der Waals surface area contributed by atoms with Gasteiger partial charge in [-0.1, -0.05) is 22.8 Å². The summed E-state index contributed by atoms with van der Waals surface area (Å²) in [4.78, 5) is 15.0. The first-order valence-corrected chi connectivity index (χ1v) is 10.5. The van der Waals surface area contributed by atoms with E-state index in [9.17, 15) is 13.6 Å². The third-order valence-corrected chi connectivity index (χ3v) is 5.52. The van der Waals surface area contributed by atoms with Gasteiger partial charge >= 0.3 is 6.09 Å². The Morgan fingerprint density at radius 1 is 1.22 bits per heavy atom. The van der Waals surface area contributed by atoms with Crippen LogP contribution in [0.25, 0.3) is 22.5 Å². The van der Waals surface area contributed by atoms with Crippen molar-refractivity contribution in [3.05, 3.63) is 57.9 Å². The Labute approximate surface area is 187 Å². The number of hydrogen-bond donors (Lipinski definition) is 3. The molecule has 0 aliphatic heterocycles. The van der Waals surface area contributed by atoms with Gasteiger partial charge in [0.1, 0.15) is 11.6 Å². The number of aromatic nitrogens is 2. The molecule has 32 heavy (non-hydrogen) atoms. The first kappa shape index (κ1) is 22.2. The van der Waals surface area contributed by atoms with Gasteiger partial charge in [-0.25, -0.2) is 13.6 Å². The molecule has 4 N–H and O–H groups in total. The van der Waals surface area contributed by atoms with Crippen LogP contribution in [-0.2, 0) is 6.42 Å². The molecule has 10 heteroatoms. The van der Waals surface area contributed by atoms with Gasteiger partial charge in [0.25, 0.3) is 0 Å². The van der Waals surface area contributed by atoms with Crippen LogP contribution >= 0.6 is 11.6 Å². The van der Waals surface area contributed by atoms with Crippen LogP contribution in [0.2, 0.25) is 5.02 Å². The van der Waals surface area contributed by atoms with Gasteiger partial charge in [0.2, 0.25) is 11.7 Å². The normalized spacial score (nSPS) is 16.8. The highest BCUT2D eigenvalue weighted by Gasteiger charge is 2.29. The van der Waals surface area contributed by atoms with E-state index in [2.05, 4.69) is 15.5 Å². The van der Waals surface area contributed by atoms with Gasteiger partial charge < -0.3 is 20.7 Å². The fourth-order valence-electron chi connectivity index (χ4n) is 3.69. The Bertz CT molecular complexity index is 1180. The molecular weight excluding hydrogens is 442 g/mol. The molecule has 0 saturated heterocycles. The van der Waals surface area contributed by atoms with E-state index in [0.29, 0.717) is 41.1 Å². The molecule has 1 amide bonds. The molecule has 0 radical (unpaired) electrons. The topological polar surface area (TPSA) is 114 Å². The van der Waals surface area contributed by atoms with Gasteiger partial charge in [-0.2, -0.15) is 4.98 Å². The second kappa shape index (κ2) is 8.84. The van der Waals surface area contributed by atoms with Gasteiger partial charge in [-0.05, 0) is 60.6 Å². The molecule has 3 aromatic rings. The molecule has 1 saturated carbocycles. The van der Waals surface area contributed by atoms with Crippen molar-refractivity contribution in [2.45, 2.75) is 44.7 Å². The Kier molecular flexibility index (Phi) is 6.12. The Hall–Kier alpha value is -3.04. The van der Waals surface area contributed by atoms with Crippen molar-refractivity contribution >= 4 is 17.7 Å². The predicted molar refractivity (Wildman–Crippen MR) is 114 cm³/mol. The number of fused-ring (bicyclic) bond motifs is 1. The summed E-state index contributed by atoms with van der Waals surface area (Å²) in [5, 5.41) is 15.2. The molecule has 1 atom stereocenters. The zero-order chi connectivity index (χ0) is 23.0. The number of carbonyl (C=O) groups is 1. The lowest BCUT2D eigenvalue weighted by Gasteiger charge is -2.15. The van der Waals surface area contributed by atoms with Gasteiger partial charge in [0, 0.05) is 23.6 Å². The van der Waals surface area contributed by atoms with Crippen molar-refractivity contribution in [3.8, 4) is 22.5 Å². The van der Waals surface area contributed by atoms with E-state index in [0.717, 1.165) is 6.07 Å². The third-order valence-electron chi connectivity index (χ3n) is 5.30. The molecule has 0 bridgehead atoms. The third kappa shape index (κ3) is 4.73. The number of halogens is 3. The van der Waals surface area contributed by atoms with E-state index in [-0.39, 0.29) is 22.3 Å². The standard InChI is InChI=1S/C19H14ClF2N3O3.C3H7N/c1-8-23-18(25-28-8)17-12(6-11(20)7-14(17)22)10-4-9-2-3-15(24-19(26)27)16(9)13(21)5-10;4-3-1-2-3/h4-7,15,24H,2-3H2,1H3,(H,26,27);3H,1-2,4H2. The maximum Gasteiger partial charge on any atom is 0.405 e. The smallest absolute Gasteiger partial charge is 0.405 e. The van der Waals surface area contributed by atoms with Crippen molar-refractivity contribution in [2.75, 3.05) is 0 Å². The number of nitrogens with two attached hydrogens (primary N) is 1. The van der Waals surface area contributed by atoms with Gasteiger partial charge in [-0.3, -0.25) is 0 Å². The molecule has 2 aliphatic rings. The summed E-state index contributed by atoms with van der Waals surface area (Å²) in [6.45, 7) is 1.58. The minimum atomic E-state index is -1.21. The monoisotopic (exact) mass is 462 g/mol. The van der Waals surface area contributed by atoms with Crippen LogP contribution in [0.4, 0.5) is 13.6 Å². The molecule has 168 valence electrons. The fraction of sp³-hybridized carbons (Fsp3) is 0.318. The molecule has 1 unspecified atom stereocenters. The lowest BCUT2D eigenvalue weighted by Crippen LogP contribution is -2.25. The summed E-state index contributed by atoms with van der Waals surface area (Å²) in [5.74, 6) is -0.931. The van der Waals surface area contributed by atoms with Crippen LogP contribution in [0.3, 0.4) is 0 Å². The quantitative estimate of drug-likeness (QED) is 0.504. The van der Waals surface area contributed by atoms with E-state index in [1.165, 1.54) is 25.0 Å². The van der Waals surface area contributed by atoms with Crippen LogP contribution in [0.5, 0.6) is 0 Å². The first-order valence-electron chi connectivity index (χ1n) is 10.1. The second-order valence-electron chi connectivity index (χ2n) is 7.86. The van der Waals surface area contributed by atoms with Crippen LogP contribution < -0.4 is 11.1 Å². The minimum absolute atomic E-state index is 0.0352. The van der Waals surface area contributed by atoms with Crippen molar-refractivity contribution in [3.63, 3.8) is 0 Å². The average molecular weight is 463 g/mol. The van der Waals surface area contributed by atoms with Gasteiger partial charge in [-0.15, -0.1) is 0 Å². The number of aryl methyl sites for hydroxylation is 2. The second-order valence-corrected chi connectivity index (χ2v) is 8.29. The Morgan fingerprint density at radius 2 is 1.94 bits per heavy atom. The molecule has 5 rings (SSSR count). The van der Waals surface area contributed by atoms with Crippen LogP contribution in [0.1, 0.15) is 42.3 Å².